The predicted molar refractivity (Wildman–Crippen MR) is 98.8 cm³/mol. The zero-order chi connectivity index (χ0) is 18.5. The average molecular weight is 364 g/mol. The van der Waals surface area contributed by atoms with E-state index in [-0.39, 0.29) is 24.6 Å². The van der Waals surface area contributed by atoms with Crippen LogP contribution in [-0.4, -0.2) is 77.6 Å². The van der Waals surface area contributed by atoms with Crippen LogP contribution in [0.5, 0.6) is 0 Å². The number of methoxy groups -OCH3 is 1. The van der Waals surface area contributed by atoms with E-state index in [0.29, 0.717) is 0 Å². The normalized spacial score (nSPS) is 22.5. The molecule has 2 aliphatic heterocycles. The minimum atomic E-state index is 0.115. The lowest BCUT2D eigenvalue weighted by atomic mass is 9.98. The summed E-state index contributed by atoms with van der Waals surface area (Å²) >= 11 is 0. The molecule has 0 aliphatic carbocycles. The molecule has 2 fully saturated rings. The molecule has 0 spiro atoms. The number of hydrogen-bond donors (Lipinski definition) is 0. The quantitative estimate of drug-likeness (QED) is 0.763. The molecule has 3 rings (SSSR count). The fourth-order valence-electron chi connectivity index (χ4n) is 4.21. The predicted octanol–water partition coefficient (Wildman–Crippen LogP) is 1.35. The molecule has 2 saturated heterocycles. The Morgan fingerprint density at radius 2 is 2.12 bits per heavy atom. The highest BCUT2D eigenvalue weighted by Gasteiger charge is 2.34. The van der Waals surface area contributed by atoms with Gasteiger partial charge in [0.15, 0.2) is 0 Å². The van der Waals surface area contributed by atoms with Gasteiger partial charge in [-0.1, -0.05) is 0 Å². The van der Waals surface area contributed by atoms with Crippen LogP contribution in [0.25, 0.3) is 0 Å². The Hall–Kier alpha value is -1.44. The van der Waals surface area contributed by atoms with E-state index < -0.39 is 0 Å². The summed E-state index contributed by atoms with van der Waals surface area (Å²) in [5.74, 6) is 0.115. The number of rotatable bonds is 6. The van der Waals surface area contributed by atoms with Crippen molar-refractivity contribution in [1.82, 2.24) is 19.6 Å². The summed E-state index contributed by atoms with van der Waals surface area (Å²) in [4.78, 5) is 17.4. The number of aryl methyl sites for hydroxylation is 1. The van der Waals surface area contributed by atoms with Gasteiger partial charge in [0.1, 0.15) is 6.61 Å². The van der Waals surface area contributed by atoms with Gasteiger partial charge < -0.3 is 14.4 Å². The molecule has 1 aromatic heterocycles. The van der Waals surface area contributed by atoms with Crippen LogP contribution in [0, 0.1) is 6.92 Å². The van der Waals surface area contributed by atoms with Crippen molar-refractivity contribution < 1.29 is 14.3 Å². The first-order chi connectivity index (χ1) is 12.6. The Kier molecular flexibility index (Phi) is 6.67. The van der Waals surface area contributed by atoms with E-state index in [2.05, 4.69) is 21.8 Å². The van der Waals surface area contributed by atoms with Crippen molar-refractivity contribution in [3.63, 3.8) is 0 Å². The van der Waals surface area contributed by atoms with Crippen LogP contribution in [0.15, 0.2) is 6.20 Å². The summed E-state index contributed by atoms with van der Waals surface area (Å²) in [5.41, 5.74) is 2.48. The molecular weight excluding hydrogens is 332 g/mol. The Labute approximate surface area is 156 Å². The average Bonchev–Trinajstić information content (AvgIpc) is 2.96. The summed E-state index contributed by atoms with van der Waals surface area (Å²) in [5, 5.41) is 4.36. The minimum absolute atomic E-state index is 0.115. The lowest BCUT2D eigenvalue weighted by Gasteiger charge is -2.44. The number of hydrogen-bond acceptors (Lipinski definition) is 5. The Balaban J connectivity index is 1.69. The fraction of sp³-hybridized carbons (Fsp3) is 0.789. The van der Waals surface area contributed by atoms with Crippen molar-refractivity contribution >= 4 is 5.91 Å². The van der Waals surface area contributed by atoms with E-state index in [9.17, 15) is 4.79 Å². The van der Waals surface area contributed by atoms with Crippen LogP contribution >= 0.6 is 0 Å². The van der Waals surface area contributed by atoms with E-state index in [1.54, 1.807) is 7.11 Å². The number of piperidine rings is 1. The van der Waals surface area contributed by atoms with Gasteiger partial charge in [-0.05, 0) is 39.2 Å². The number of aromatic nitrogens is 2. The van der Waals surface area contributed by atoms with E-state index >= 15 is 0 Å². The van der Waals surface area contributed by atoms with Gasteiger partial charge in [-0.25, -0.2) is 0 Å². The molecule has 3 heterocycles. The molecule has 0 radical (unpaired) electrons. The second kappa shape index (κ2) is 8.97. The van der Waals surface area contributed by atoms with Crippen LogP contribution in [0.3, 0.4) is 0 Å². The van der Waals surface area contributed by atoms with Crippen molar-refractivity contribution in [3.05, 3.63) is 17.5 Å². The van der Waals surface area contributed by atoms with Crippen LogP contribution in [-0.2, 0) is 27.9 Å². The summed E-state index contributed by atoms with van der Waals surface area (Å²) in [7, 11) is 3.58. The van der Waals surface area contributed by atoms with Gasteiger partial charge in [0, 0.05) is 63.8 Å². The Bertz CT molecular complexity index is 598. The minimum Gasteiger partial charge on any atom is -0.381 e. The topological polar surface area (TPSA) is 59.8 Å². The van der Waals surface area contributed by atoms with Crippen LogP contribution < -0.4 is 0 Å². The number of nitrogens with zero attached hydrogens (tertiary/aromatic N) is 4. The lowest BCUT2D eigenvalue weighted by molar-refractivity contribution is -0.144. The zero-order valence-corrected chi connectivity index (χ0v) is 16.3. The van der Waals surface area contributed by atoms with Gasteiger partial charge in [-0.3, -0.25) is 14.4 Å². The first kappa shape index (κ1) is 19.3. The standard InChI is InChI=1S/C19H32N4O3/c1-15-16(11-20-21(15)2)12-22-8-4-5-18(13-22)23(19(24)14-25-3)17-6-9-26-10-7-17/h11,17-18H,4-10,12-14H2,1-3H3. The van der Waals surface area contributed by atoms with Gasteiger partial charge in [-0.15, -0.1) is 0 Å². The van der Waals surface area contributed by atoms with Crippen molar-refractivity contribution in [3.8, 4) is 0 Å². The maximum atomic E-state index is 12.8. The molecule has 0 aromatic carbocycles. The summed E-state index contributed by atoms with van der Waals surface area (Å²) in [6.45, 7) is 6.65. The Morgan fingerprint density at radius 1 is 1.35 bits per heavy atom. The fourth-order valence-corrected chi connectivity index (χ4v) is 4.21. The third-order valence-corrected chi connectivity index (χ3v) is 5.74. The first-order valence-corrected chi connectivity index (χ1v) is 9.67. The van der Waals surface area contributed by atoms with E-state index in [4.69, 9.17) is 9.47 Å². The third-order valence-electron chi connectivity index (χ3n) is 5.74. The zero-order valence-electron chi connectivity index (χ0n) is 16.3. The monoisotopic (exact) mass is 364 g/mol. The summed E-state index contributed by atoms with van der Waals surface area (Å²) < 4.78 is 12.6. The van der Waals surface area contributed by atoms with Gasteiger partial charge >= 0.3 is 0 Å². The second-order valence-corrected chi connectivity index (χ2v) is 7.49. The molecule has 0 bridgehead atoms. The van der Waals surface area contributed by atoms with E-state index in [0.717, 1.165) is 58.5 Å². The SMILES string of the molecule is COCC(=O)N(C1CCOCC1)C1CCCN(Cc2cnn(C)c2C)C1. The molecule has 7 nitrogen and oxygen atoms in total. The number of likely N-dealkylation sites (tertiary alicyclic amines) is 1. The molecule has 26 heavy (non-hydrogen) atoms. The van der Waals surface area contributed by atoms with Crippen LogP contribution in [0.2, 0.25) is 0 Å². The van der Waals surface area contributed by atoms with Gasteiger partial charge in [0.05, 0.1) is 6.20 Å². The van der Waals surface area contributed by atoms with Gasteiger partial charge in [-0.2, -0.15) is 5.10 Å². The van der Waals surface area contributed by atoms with Crippen LogP contribution in [0.1, 0.15) is 36.9 Å². The number of ether oxygens (including phenoxy) is 2. The molecule has 1 unspecified atom stereocenters. The molecule has 7 heteroatoms. The maximum absolute atomic E-state index is 12.8. The van der Waals surface area contributed by atoms with Gasteiger partial charge in [0.25, 0.3) is 0 Å². The lowest BCUT2D eigenvalue weighted by Crippen LogP contribution is -2.56. The maximum Gasteiger partial charge on any atom is 0.249 e. The molecule has 1 amide bonds. The molecular formula is C19H32N4O3. The van der Waals surface area contributed by atoms with E-state index in [1.807, 2.05) is 17.9 Å². The summed E-state index contributed by atoms with van der Waals surface area (Å²) in [6.07, 6.45) is 5.99. The van der Waals surface area contributed by atoms with Crippen molar-refractivity contribution in [2.75, 3.05) is 40.0 Å². The molecule has 2 aliphatic rings. The highest BCUT2D eigenvalue weighted by Crippen LogP contribution is 2.25. The Morgan fingerprint density at radius 3 is 2.77 bits per heavy atom. The molecule has 0 N–H and O–H groups in total. The van der Waals surface area contributed by atoms with Crippen molar-refractivity contribution in [1.29, 1.82) is 0 Å². The smallest absolute Gasteiger partial charge is 0.249 e. The highest BCUT2D eigenvalue weighted by atomic mass is 16.5. The highest BCUT2D eigenvalue weighted by molar-refractivity contribution is 5.78. The largest absolute Gasteiger partial charge is 0.381 e. The van der Waals surface area contributed by atoms with Crippen molar-refractivity contribution in [2.45, 2.75) is 51.2 Å². The number of amides is 1. The molecule has 1 aromatic rings. The molecule has 0 saturated carbocycles. The second-order valence-electron chi connectivity index (χ2n) is 7.49. The van der Waals surface area contributed by atoms with Crippen molar-refractivity contribution in [2.24, 2.45) is 7.05 Å². The van der Waals surface area contributed by atoms with Crippen LogP contribution in [0.4, 0.5) is 0 Å². The number of carbonyl (C=O) groups is 1. The summed E-state index contributed by atoms with van der Waals surface area (Å²) in [6, 6.07) is 0.531. The van der Waals surface area contributed by atoms with E-state index in [1.165, 1.54) is 11.3 Å². The molecule has 146 valence electrons. The third kappa shape index (κ3) is 4.45. The number of carbonyl (C=O) groups excluding carboxylic acids is 1. The van der Waals surface area contributed by atoms with Gasteiger partial charge in [0.2, 0.25) is 5.91 Å². The first-order valence-electron chi connectivity index (χ1n) is 9.67. The molecule has 1 atom stereocenters.